The number of methoxy groups -OCH3 is 2. The van der Waals surface area contributed by atoms with E-state index >= 15 is 0 Å². The molecule has 0 bridgehead atoms. The van der Waals surface area contributed by atoms with Gasteiger partial charge in [0, 0.05) is 23.3 Å². The summed E-state index contributed by atoms with van der Waals surface area (Å²) in [5, 5.41) is 2.09. The van der Waals surface area contributed by atoms with Crippen LogP contribution in [0, 0.1) is 0 Å². The van der Waals surface area contributed by atoms with Crippen molar-refractivity contribution in [2.45, 2.75) is 18.8 Å². The molecule has 6 nitrogen and oxygen atoms in total. The fraction of sp³-hybridized carbons (Fsp3) is 0.185. The molecular formula is C27H19ClF6N2O4. The van der Waals surface area contributed by atoms with E-state index in [0.29, 0.717) is 34.5 Å². The minimum atomic E-state index is -4.88. The number of amides is 1. The Bertz CT molecular complexity index is 1570. The number of rotatable bonds is 7. The highest BCUT2D eigenvalue weighted by atomic mass is 35.5. The average Bonchev–Trinajstić information content (AvgIpc) is 2.88. The zero-order valence-corrected chi connectivity index (χ0v) is 21.5. The molecule has 0 spiro atoms. The number of ether oxygens (including phenoxy) is 3. The number of alkyl halides is 6. The summed E-state index contributed by atoms with van der Waals surface area (Å²) in [6.07, 6.45) is -8.80. The molecule has 1 aromatic heterocycles. The summed E-state index contributed by atoms with van der Waals surface area (Å²) in [5.74, 6) is -0.663. The van der Waals surface area contributed by atoms with Crippen LogP contribution in [-0.2, 0) is 23.6 Å². The van der Waals surface area contributed by atoms with Crippen LogP contribution in [-0.4, -0.2) is 25.1 Å². The monoisotopic (exact) mass is 584 g/mol. The molecule has 0 saturated carbocycles. The molecule has 0 aliphatic carbocycles. The molecule has 13 heteroatoms. The van der Waals surface area contributed by atoms with Crippen molar-refractivity contribution in [1.82, 2.24) is 4.98 Å². The van der Waals surface area contributed by atoms with Gasteiger partial charge in [0.2, 0.25) is 5.91 Å². The van der Waals surface area contributed by atoms with Gasteiger partial charge in [0.1, 0.15) is 17.1 Å². The molecule has 0 atom stereocenters. The van der Waals surface area contributed by atoms with E-state index in [4.69, 9.17) is 25.8 Å². The van der Waals surface area contributed by atoms with Crippen LogP contribution in [0.25, 0.3) is 10.9 Å². The Morgan fingerprint density at radius 3 is 2.15 bits per heavy atom. The standard InChI is InChI=1S/C27H19ClF6N2O4/c1-38-23-12-16-20(13-24(23)39-2)35-8-7-21(16)40-22-6-4-15(11-18(22)27(32,33)34)36-25(37)10-14-3-5-19(28)17(9-14)26(29,30)31/h3-9,11-13H,10H2,1-2H3,(H,36,37). The van der Waals surface area contributed by atoms with Gasteiger partial charge in [-0.15, -0.1) is 0 Å². The first-order chi connectivity index (χ1) is 18.8. The van der Waals surface area contributed by atoms with E-state index < -0.39 is 46.6 Å². The first-order valence-corrected chi connectivity index (χ1v) is 11.7. The van der Waals surface area contributed by atoms with E-state index in [1.165, 1.54) is 44.7 Å². The van der Waals surface area contributed by atoms with Crippen LogP contribution < -0.4 is 19.5 Å². The van der Waals surface area contributed by atoms with Gasteiger partial charge in [-0.1, -0.05) is 17.7 Å². The summed E-state index contributed by atoms with van der Waals surface area (Å²) >= 11 is 5.59. The Kier molecular flexibility index (Phi) is 8.01. The zero-order valence-electron chi connectivity index (χ0n) is 20.7. The van der Waals surface area contributed by atoms with Gasteiger partial charge in [0.25, 0.3) is 0 Å². The number of nitrogens with one attached hydrogen (secondary N) is 1. The number of hydrogen-bond donors (Lipinski definition) is 1. The maximum Gasteiger partial charge on any atom is 0.420 e. The number of carbonyl (C=O) groups is 1. The normalized spacial score (nSPS) is 11.8. The third kappa shape index (κ3) is 6.33. The molecule has 0 saturated heterocycles. The van der Waals surface area contributed by atoms with E-state index in [-0.39, 0.29) is 17.0 Å². The molecule has 0 unspecified atom stereocenters. The van der Waals surface area contributed by atoms with Gasteiger partial charge in [0.15, 0.2) is 11.5 Å². The van der Waals surface area contributed by atoms with Crippen molar-refractivity contribution < 1.29 is 45.3 Å². The fourth-order valence-electron chi connectivity index (χ4n) is 3.86. The number of benzene rings is 3. The molecule has 1 heterocycles. The smallest absolute Gasteiger partial charge is 0.420 e. The quantitative estimate of drug-likeness (QED) is 0.224. The van der Waals surface area contributed by atoms with E-state index in [1.807, 2.05) is 0 Å². The molecule has 0 fully saturated rings. The van der Waals surface area contributed by atoms with Crippen molar-refractivity contribution >= 4 is 34.1 Å². The fourth-order valence-corrected chi connectivity index (χ4v) is 4.09. The van der Waals surface area contributed by atoms with E-state index in [1.54, 1.807) is 6.07 Å². The second kappa shape index (κ2) is 11.1. The van der Waals surface area contributed by atoms with E-state index in [2.05, 4.69) is 10.3 Å². The summed E-state index contributed by atoms with van der Waals surface area (Å²) in [4.78, 5) is 16.6. The van der Waals surface area contributed by atoms with Gasteiger partial charge in [0.05, 0.1) is 36.7 Å². The number of pyridine rings is 1. The number of nitrogens with zero attached hydrogens (tertiary/aromatic N) is 1. The molecule has 1 N–H and O–H groups in total. The molecule has 3 aromatic carbocycles. The Hall–Kier alpha value is -4.19. The number of aromatic nitrogens is 1. The second-order valence-corrected chi connectivity index (χ2v) is 8.79. The van der Waals surface area contributed by atoms with Gasteiger partial charge in [-0.3, -0.25) is 9.78 Å². The number of anilines is 1. The first kappa shape index (κ1) is 28.8. The van der Waals surface area contributed by atoms with Crippen LogP contribution >= 0.6 is 11.6 Å². The number of hydrogen-bond acceptors (Lipinski definition) is 5. The summed E-state index contributed by atoms with van der Waals surface area (Å²) in [5.41, 5.74) is -2.20. The number of fused-ring (bicyclic) bond motifs is 1. The maximum atomic E-state index is 14.0. The lowest BCUT2D eigenvalue weighted by Gasteiger charge is -2.17. The molecule has 210 valence electrons. The summed E-state index contributed by atoms with van der Waals surface area (Å²) < 4.78 is 97.4. The van der Waals surface area contributed by atoms with Crippen LogP contribution in [0.15, 0.2) is 60.8 Å². The van der Waals surface area contributed by atoms with Crippen LogP contribution in [0.1, 0.15) is 16.7 Å². The molecule has 0 aliphatic heterocycles. The molecule has 1 amide bonds. The summed E-state index contributed by atoms with van der Waals surface area (Å²) in [7, 11) is 2.83. The van der Waals surface area contributed by atoms with E-state index in [0.717, 1.165) is 12.1 Å². The Morgan fingerprint density at radius 2 is 1.50 bits per heavy atom. The van der Waals surface area contributed by atoms with Crippen molar-refractivity contribution in [3.05, 3.63) is 82.5 Å². The Balaban J connectivity index is 1.61. The topological polar surface area (TPSA) is 69.7 Å². The number of halogens is 7. The van der Waals surface area contributed by atoms with E-state index in [9.17, 15) is 31.1 Å². The van der Waals surface area contributed by atoms with Gasteiger partial charge >= 0.3 is 12.4 Å². The molecule has 4 aromatic rings. The van der Waals surface area contributed by atoms with Gasteiger partial charge < -0.3 is 19.5 Å². The largest absolute Gasteiger partial charge is 0.493 e. The molecule has 0 aliphatic rings. The maximum absolute atomic E-state index is 14.0. The predicted octanol–water partition coefficient (Wildman–Crippen LogP) is 7.92. The van der Waals surface area contributed by atoms with Gasteiger partial charge in [-0.2, -0.15) is 26.3 Å². The highest BCUT2D eigenvalue weighted by Crippen LogP contribution is 2.42. The molecule has 4 rings (SSSR count). The average molecular weight is 585 g/mol. The molecular weight excluding hydrogens is 566 g/mol. The molecule has 0 radical (unpaired) electrons. The van der Waals surface area contributed by atoms with Crippen LogP contribution in [0.5, 0.6) is 23.0 Å². The van der Waals surface area contributed by atoms with Crippen molar-refractivity contribution in [3.8, 4) is 23.0 Å². The van der Waals surface area contributed by atoms with Crippen molar-refractivity contribution in [3.63, 3.8) is 0 Å². The van der Waals surface area contributed by atoms with Gasteiger partial charge in [-0.25, -0.2) is 0 Å². The predicted molar refractivity (Wildman–Crippen MR) is 135 cm³/mol. The Morgan fingerprint density at radius 1 is 0.825 bits per heavy atom. The minimum absolute atomic E-state index is 0.0261. The number of carbonyl (C=O) groups excluding carboxylic acids is 1. The van der Waals surface area contributed by atoms with Crippen LogP contribution in [0.3, 0.4) is 0 Å². The molecule has 40 heavy (non-hydrogen) atoms. The summed E-state index contributed by atoms with van der Waals surface area (Å²) in [6, 6.07) is 10.2. The first-order valence-electron chi connectivity index (χ1n) is 11.4. The van der Waals surface area contributed by atoms with Crippen molar-refractivity contribution in [1.29, 1.82) is 0 Å². The lowest BCUT2D eigenvalue weighted by molar-refractivity contribution is -0.139. The minimum Gasteiger partial charge on any atom is -0.493 e. The zero-order chi connectivity index (χ0) is 29.2. The van der Waals surface area contributed by atoms with Crippen molar-refractivity contribution in [2.75, 3.05) is 19.5 Å². The van der Waals surface area contributed by atoms with Crippen LogP contribution in [0.2, 0.25) is 5.02 Å². The van der Waals surface area contributed by atoms with Crippen molar-refractivity contribution in [2.24, 2.45) is 0 Å². The SMILES string of the molecule is COc1cc2nccc(Oc3ccc(NC(=O)Cc4ccc(Cl)c(C(F)(F)F)c4)cc3C(F)(F)F)c2cc1OC. The second-order valence-electron chi connectivity index (χ2n) is 8.38. The summed E-state index contributed by atoms with van der Waals surface area (Å²) in [6.45, 7) is 0. The highest BCUT2D eigenvalue weighted by molar-refractivity contribution is 6.31. The highest BCUT2D eigenvalue weighted by Gasteiger charge is 2.36. The van der Waals surface area contributed by atoms with Gasteiger partial charge in [-0.05, 0) is 48.0 Å². The third-order valence-corrected chi connectivity index (χ3v) is 6.03. The lowest BCUT2D eigenvalue weighted by Crippen LogP contribution is -2.16. The Labute approximate surface area is 228 Å². The third-order valence-electron chi connectivity index (χ3n) is 5.70. The lowest BCUT2D eigenvalue weighted by atomic mass is 10.1. The van der Waals surface area contributed by atoms with Crippen LogP contribution in [0.4, 0.5) is 32.0 Å².